The minimum Gasteiger partial charge on any atom is -0.444 e. The van der Waals surface area contributed by atoms with Crippen LogP contribution in [0.25, 0.3) is 0 Å². The summed E-state index contributed by atoms with van der Waals surface area (Å²) >= 11 is 0. The van der Waals surface area contributed by atoms with Crippen LogP contribution in [-0.4, -0.2) is 63.3 Å². The maximum Gasteiger partial charge on any atom is 0.408 e. The minimum absolute atomic E-state index is 0.000193. The average molecular weight is 675 g/mol. The largest absolute Gasteiger partial charge is 0.444 e. The lowest BCUT2D eigenvalue weighted by Gasteiger charge is -2.71. The zero-order valence-electron chi connectivity index (χ0n) is 32.6. The van der Waals surface area contributed by atoms with Gasteiger partial charge in [0.2, 0.25) is 5.91 Å². The fraction of sp³-hybridized carbons (Fsp3) is 0.950. The van der Waals surface area contributed by atoms with Gasteiger partial charge in [0.05, 0.1) is 23.4 Å². The molecular weight excluding hydrogens is 604 g/mol. The zero-order chi connectivity index (χ0) is 36.0. The van der Waals surface area contributed by atoms with Crippen molar-refractivity contribution in [2.24, 2.45) is 51.2 Å². The third-order valence-electron chi connectivity index (χ3n) is 15.2. The van der Waals surface area contributed by atoms with E-state index >= 15 is 0 Å². The molecule has 5 rings (SSSR count). The van der Waals surface area contributed by atoms with E-state index < -0.39 is 23.3 Å². The Morgan fingerprint density at radius 3 is 2.04 bits per heavy atom. The Morgan fingerprint density at radius 2 is 1.48 bits per heavy atom. The van der Waals surface area contributed by atoms with Gasteiger partial charge in [-0.25, -0.2) is 4.79 Å². The highest BCUT2D eigenvalue weighted by molar-refractivity contribution is 5.86. The van der Waals surface area contributed by atoms with Gasteiger partial charge in [0, 0.05) is 6.04 Å². The summed E-state index contributed by atoms with van der Waals surface area (Å²) in [7, 11) is 0. The van der Waals surface area contributed by atoms with E-state index in [1.54, 1.807) is 0 Å². The molecule has 2 amide bonds. The van der Waals surface area contributed by atoms with Gasteiger partial charge in [0.15, 0.2) is 0 Å². The quantitative estimate of drug-likeness (QED) is 0.234. The summed E-state index contributed by atoms with van der Waals surface area (Å²) in [6.45, 7) is 27.5. The predicted molar refractivity (Wildman–Crippen MR) is 189 cm³/mol. The summed E-state index contributed by atoms with van der Waals surface area (Å²) in [6, 6.07) is -0.686. The fourth-order valence-corrected chi connectivity index (χ4v) is 12.6. The molecule has 0 aromatic carbocycles. The molecule has 8 heteroatoms. The van der Waals surface area contributed by atoms with Crippen molar-refractivity contribution in [1.82, 2.24) is 10.6 Å². The number of fused-ring (bicyclic) bond motifs is 5. The normalized spacial score (nSPS) is 44.7. The number of nitrogens with one attached hydrogen (secondary N) is 2. The smallest absolute Gasteiger partial charge is 0.408 e. The van der Waals surface area contributed by atoms with Crippen LogP contribution in [-0.2, 0) is 14.3 Å². The second-order valence-corrected chi connectivity index (χ2v) is 20.4. The second-order valence-electron chi connectivity index (χ2n) is 20.4. The first-order chi connectivity index (χ1) is 21.8. The lowest BCUT2D eigenvalue weighted by molar-refractivity contribution is -0.240. The van der Waals surface area contributed by atoms with Crippen LogP contribution in [0.4, 0.5) is 4.79 Å². The molecule has 8 nitrogen and oxygen atoms in total. The van der Waals surface area contributed by atoms with Crippen LogP contribution < -0.4 is 10.6 Å². The van der Waals surface area contributed by atoms with Gasteiger partial charge in [-0.2, -0.15) is 0 Å². The molecule has 0 aromatic heterocycles. The van der Waals surface area contributed by atoms with Gasteiger partial charge in [-0.3, -0.25) is 4.79 Å². The van der Waals surface area contributed by atoms with Crippen LogP contribution in [0, 0.1) is 51.2 Å². The van der Waals surface area contributed by atoms with Crippen molar-refractivity contribution >= 4 is 12.0 Å². The molecule has 5 aliphatic rings. The van der Waals surface area contributed by atoms with Crippen molar-refractivity contribution in [2.45, 2.75) is 189 Å². The van der Waals surface area contributed by atoms with Crippen molar-refractivity contribution in [3.05, 3.63) is 0 Å². The second kappa shape index (κ2) is 12.1. The first-order valence-corrected chi connectivity index (χ1v) is 19.2. The summed E-state index contributed by atoms with van der Waals surface area (Å²) in [5.41, 5.74) is -1.87. The van der Waals surface area contributed by atoms with Crippen LogP contribution in [0.3, 0.4) is 0 Å². The number of carbonyl (C=O) groups excluding carboxylic acids is 2. The Labute approximate surface area is 291 Å². The lowest BCUT2D eigenvalue weighted by Crippen LogP contribution is -2.68. The zero-order valence-corrected chi connectivity index (χ0v) is 32.6. The highest BCUT2D eigenvalue weighted by Crippen LogP contribution is 2.76. The number of carbonyl (C=O) groups is 2. The number of rotatable bonds is 6. The molecule has 0 bridgehead atoms. The number of alkyl carbamates (subject to hydrolysis) is 1. The average Bonchev–Trinajstić information content (AvgIpc) is 3.52. The number of hydrogen-bond acceptors (Lipinski definition) is 6. The Hall–Kier alpha value is -1.38. The van der Waals surface area contributed by atoms with Crippen molar-refractivity contribution < 1.29 is 29.3 Å². The van der Waals surface area contributed by atoms with Crippen molar-refractivity contribution in [3.8, 4) is 0 Å². The van der Waals surface area contributed by atoms with Crippen molar-refractivity contribution in [2.75, 3.05) is 0 Å². The summed E-state index contributed by atoms with van der Waals surface area (Å²) < 4.78 is 12.2. The van der Waals surface area contributed by atoms with E-state index in [0.29, 0.717) is 11.8 Å². The van der Waals surface area contributed by atoms with E-state index in [9.17, 15) is 19.8 Å². The molecule has 1 aliphatic heterocycles. The van der Waals surface area contributed by atoms with Crippen LogP contribution in [0.1, 0.15) is 148 Å². The van der Waals surface area contributed by atoms with Crippen LogP contribution >= 0.6 is 0 Å². The predicted octanol–water partition coefficient (Wildman–Crippen LogP) is 7.39. The third-order valence-corrected chi connectivity index (χ3v) is 15.2. The monoisotopic (exact) mass is 675 g/mol. The molecular formula is C40H70N2O6. The van der Waals surface area contributed by atoms with Gasteiger partial charge < -0.3 is 30.3 Å². The molecule has 0 radical (unpaired) electrons. The van der Waals surface area contributed by atoms with E-state index in [4.69, 9.17) is 9.47 Å². The Morgan fingerprint density at radius 1 is 0.854 bits per heavy atom. The molecule has 1 saturated heterocycles. The fourth-order valence-electron chi connectivity index (χ4n) is 12.6. The Balaban J connectivity index is 1.35. The van der Waals surface area contributed by atoms with Gasteiger partial charge in [-0.1, -0.05) is 48.5 Å². The number of aliphatic hydroxyl groups excluding tert-OH is 1. The topological polar surface area (TPSA) is 117 Å². The van der Waals surface area contributed by atoms with Gasteiger partial charge in [-0.15, -0.1) is 0 Å². The highest BCUT2D eigenvalue weighted by Gasteiger charge is 2.72. The maximum atomic E-state index is 13.8. The summed E-state index contributed by atoms with van der Waals surface area (Å²) in [5, 5.41) is 29.2. The van der Waals surface area contributed by atoms with Gasteiger partial charge >= 0.3 is 6.09 Å². The first-order valence-electron chi connectivity index (χ1n) is 19.2. The summed E-state index contributed by atoms with van der Waals surface area (Å²) in [5.74, 6) is 1.00. The molecule has 5 fully saturated rings. The first kappa shape index (κ1) is 37.9. The van der Waals surface area contributed by atoms with Crippen molar-refractivity contribution in [1.29, 1.82) is 0 Å². The van der Waals surface area contributed by atoms with Crippen molar-refractivity contribution in [3.63, 3.8) is 0 Å². The molecule has 0 aromatic rings. The molecule has 4 saturated carbocycles. The van der Waals surface area contributed by atoms with E-state index in [-0.39, 0.29) is 69.2 Å². The van der Waals surface area contributed by atoms with Gasteiger partial charge in [0.25, 0.3) is 0 Å². The van der Waals surface area contributed by atoms with Gasteiger partial charge in [0.1, 0.15) is 11.6 Å². The maximum absolute atomic E-state index is 13.8. The number of amides is 2. The molecule has 4 N–H and O–H groups in total. The molecule has 1 heterocycles. The van der Waals surface area contributed by atoms with Crippen LogP contribution in [0.5, 0.6) is 0 Å². The lowest BCUT2D eigenvalue weighted by atomic mass is 9.35. The third kappa shape index (κ3) is 6.14. The summed E-state index contributed by atoms with van der Waals surface area (Å²) in [6.07, 6.45) is 7.73. The SMILES string of the molecule is CC(C)[C@H](NC(=O)OC(C)(C)C)C(=O)N[C@H]1CC[C@]2(C)[C@H]3C[C@@H](O)[C@@H]4[C@@H]([C@]5(C)CC[C@@H](C(C)(C)O)O5)CC[C@@]4(C)[C@]3(C)CC[C@H]2C1(C)C. The minimum atomic E-state index is -0.871. The van der Waals surface area contributed by atoms with E-state index in [0.717, 1.165) is 57.8 Å². The highest BCUT2D eigenvalue weighted by atomic mass is 16.6. The summed E-state index contributed by atoms with van der Waals surface area (Å²) in [4.78, 5) is 26.4. The molecule has 4 aliphatic carbocycles. The Bertz CT molecular complexity index is 1240. The number of ether oxygens (including phenoxy) is 2. The molecule has 276 valence electrons. The number of aliphatic hydroxyl groups is 2. The van der Waals surface area contributed by atoms with E-state index in [2.05, 4.69) is 52.2 Å². The molecule has 12 atom stereocenters. The van der Waals surface area contributed by atoms with Crippen LogP contribution in [0.15, 0.2) is 0 Å². The molecule has 0 unspecified atom stereocenters. The molecule has 48 heavy (non-hydrogen) atoms. The van der Waals surface area contributed by atoms with Gasteiger partial charge in [-0.05, 0) is 151 Å². The van der Waals surface area contributed by atoms with Crippen LogP contribution in [0.2, 0.25) is 0 Å². The number of hydrogen-bond donors (Lipinski definition) is 4. The Kier molecular flexibility index (Phi) is 9.55. The van der Waals surface area contributed by atoms with E-state index in [1.165, 1.54) is 0 Å². The molecule has 0 spiro atoms. The van der Waals surface area contributed by atoms with E-state index in [1.807, 2.05) is 48.5 Å². The standard InChI is InChI=1S/C40H70N2O6/c1-23(2)31(42-33(45)48-34(3,4)5)32(44)41-28-16-18-37(10)26(35(28,6)7)15-20-38(11)27(37)22-25(43)30-24(14-19-39(30,38)12)40(13)21-17-29(47-40)36(8,9)46/h23-31,43,46H,14-22H2,1-13H3,(H,41,44)(H,42,45)/t24-,25+,26-,27+,28-,29-,30-,31-,37-,38+,39+,40-/m0/s1.